The van der Waals surface area contributed by atoms with Crippen molar-refractivity contribution in [3.05, 3.63) is 76.4 Å². The Bertz CT molecular complexity index is 908. The van der Waals surface area contributed by atoms with Gasteiger partial charge in [0.15, 0.2) is 0 Å². The topological polar surface area (TPSA) is 81.6 Å². The maximum atomic E-state index is 12.4. The second-order valence-corrected chi connectivity index (χ2v) is 5.92. The summed E-state index contributed by atoms with van der Waals surface area (Å²) in [6.07, 6.45) is 2.20. The lowest BCUT2D eigenvalue weighted by molar-refractivity contribution is 0.0955. The molecule has 0 fully saturated rings. The Hall–Kier alpha value is -3.10. The molecule has 0 saturated heterocycles. The number of aromatic nitrogens is 2. The summed E-state index contributed by atoms with van der Waals surface area (Å²) in [4.78, 5) is 12.4. The van der Waals surface area contributed by atoms with E-state index in [0.29, 0.717) is 34.8 Å². The summed E-state index contributed by atoms with van der Waals surface area (Å²) in [6, 6.07) is 16.6. The number of nitrogens with one attached hydrogen (secondary N) is 2. The van der Waals surface area contributed by atoms with Gasteiger partial charge < -0.3 is 5.32 Å². The van der Waals surface area contributed by atoms with Gasteiger partial charge in [-0.3, -0.25) is 9.89 Å². The summed E-state index contributed by atoms with van der Waals surface area (Å²) in [5.74, 6) is -0.188. The normalized spacial score (nSPS) is 10.2. The lowest BCUT2D eigenvalue weighted by Crippen LogP contribution is -2.25. The number of hydrogen-bond acceptors (Lipinski definition) is 3. The predicted molar refractivity (Wildman–Crippen MR) is 96.2 cm³/mol. The Kier molecular flexibility index (Phi) is 5.12. The van der Waals surface area contributed by atoms with Crippen LogP contribution in [0.1, 0.15) is 21.5 Å². The van der Waals surface area contributed by atoms with Gasteiger partial charge in [0.2, 0.25) is 0 Å². The monoisotopic (exact) mass is 350 g/mol. The fourth-order valence-electron chi connectivity index (χ4n) is 2.46. The molecule has 25 heavy (non-hydrogen) atoms. The number of benzene rings is 2. The van der Waals surface area contributed by atoms with Crippen LogP contribution < -0.4 is 5.32 Å². The molecule has 2 aromatic carbocycles. The zero-order valence-corrected chi connectivity index (χ0v) is 14.0. The predicted octanol–water partition coefficient (Wildman–Crippen LogP) is 3.57. The highest BCUT2D eigenvalue weighted by Gasteiger charge is 2.14. The lowest BCUT2D eigenvalue weighted by atomic mass is 10.1. The van der Waals surface area contributed by atoms with Crippen LogP contribution in [0.4, 0.5) is 0 Å². The summed E-state index contributed by atoms with van der Waals surface area (Å²) in [5, 5.41) is 19.2. The van der Waals surface area contributed by atoms with Crippen LogP contribution in [0.2, 0.25) is 5.02 Å². The third-order valence-corrected chi connectivity index (χ3v) is 4.05. The van der Waals surface area contributed by atoms with Gasteiger partial charge in [0.25, 0.3) is 5.91 Å². The van der Waals surface area contributed by atoms with Crippen LogP contribution in [-0.4, -0.2) is 22.6 Å². The average Bonchev–Trinajstić information content (AvgIpc) is 3.13. The van der Waals surface area contributed by atoms with Gasteiger partial charge in [-0.25, -0.2) is 0 Å². The number of carbonyl (C=O) groups is 1. The minimum absolute atomic E-state index is 0.188. The Balaban J connectivity index is 1.63. The van der Waals surface area contributed by atoms with Crippen molar-refractivity contribution in [1.29, 1.82) is 5.26 Å². The Labute approximate surface area is 150 Å². The number of amides is 1. The van der Waals surface area contributed by atoms with Crippen molar-refractivity contribution in [2.24, 2.45) is 0 Å². The van der Waals surface area contributed by atoms with Gasteiger partial charge in [-0.2, -0.15) is 10.4 Å². The molecule has 0 aliphatic rings. The van der Waals surface area contributed by atoms with Gasteiger partial charge >= 0.3 is 0 Å². The molecule has 5 nitrogen and oxygen atoms in total. The number of aromatic amines is 1. The highest BCUT2D eigenvalue weighted by molar-refractivity contribution is 6.30. The second kappa shape index (κ2) is 7.65. The number of hydrogen-bond donors (Lipinski definition) is 2. The van der Waals surface area contributed by atoms with Crippen LogP contribution in [-0.2, 0) is 6.42 Å². The van der Waals surface area contributed by atoms with E-state index in [1.165, 1.54) is 6.20 Å². The van der Waals surface area contributed by atoms with Crippen molar-refractivity contribution < 1.29 is 4.79 Å². The summed E-state index contributed by atoms with van der Waals surface area (Å²) < 4.78 is 0. The largest absolute Gasteiger partial charge is 0.352 e. The molecular formula is C19H15ClN4O. The van der Waals surface area contributed by atoms with Gasteiger partial charge in [0, 0.05) is 17.1 Å². The zero-order valence-electron chi connectivity index (χ0n) is 13.3. The Morgan fingerprint density at radius 3 is 2.56 bits per heavy atom. The van der Waals surface area contributed by atoms with E-state index in [1.807, 2.05) is 24.3 Å². The molecule has 3 aromatic rings. The number of nitrogens with zero attached hydrogens (tertiary/aromatic N) is 2. The van der Waals surface area contributed by atoms with Crippen LogP contribution in [0, 0.1) is 11.3 Å². The first-order chi connectivity index (χ1) is 12.2. The van der Waals surface area contributed by atoms with E-state index in [9.17, 15) is 4.79 Å². The number of rotatable bonds is 5. The lowest BCUT2D eigenvalue weighted by Gasteiger charge is -2.06. The van der Waals surface area contributed by atoms with E-state index in [-0.39, 0.29) is 5.91 Å². The van der Waals surface area contributed by atoms with Crippen LogP contribution >= 0.6 is 11.6 Å². The van der Waals surface area contributed by atoms with Gasteiger partial charge in [-0.05, 0) is 36.2 Å². The van der Waals surface area contributed by atoms with Crippen LogP contribution in [0.5, 0.6) is 0 Å². The SMILES string of the molecule is N#Cc1ccc(CCNC(=O)c2cn[nH]c2-c2ccc(Cl)cc2)cc1. The third kappa shape index (κ3) is 4.06. The molecule has 0 aliphatic heterocycles. The molecule has 1 heterocycles. The fourth-order valence-corrected chi connectivity index (χ4v) is 2.58. The van der Waals surface area contributed by atoms with Gasteiger partial charge in [-0.1, -0.05) is 35.9 Å². The smallest absolute Gasteiger partial charge is 0.255 e. The molecule has 0 saturated carbocycles. The van der Waals surface area contributed by atoms with Crippen LogP contribution in [0.3, 0.4) is 0 Å². The molecule has 2 N–H and O–H groups in total. The molecule has 1 amide bonds. The van der Waals surface area contributed by atoms with Gasteiger partial charge in [-0.15, -0.1) is 0 Å². The highest BCUT2D eigenvalue weighted by atomic mass is 35.5. The van der Waals surface area contributed by atoms with Crippen molar-refractivity contribution in [3.8, 4) is 17.3 Å². The molecule has 0 radical (unpaired) electrons. The van der Waals surface area contributed by atoms with E-state index in [4.69, 9.17) is 16.9 Å². The van der Waals surface area contributed by atoms with Crippen molar-refractivity contribution >= 4 is 17.5 Å². The molecule has 0 spiro atoms. The fraction of sp³-hybridized carbons (Fsp3) is 0.105. The molecule has 0 bridgehead atoms. The first-order valence-corrected chi connectivity index (χ1v) is 8.11. The first kappa shape index (κ1) is 16.7. The van der Waals surface area contributed by atoms with Crippen molar-refractivity contribution in [3.63, 3.8) is 0 Å². The van der Waals surface area contributed by atoms with E-state index >= 15 is 0 Å². The summed E-state index contributed by atoms with van der Waals surface area (Å²) in [5.41, 5.74) is 3.68. The molecule has 3 rings (SSSR count). The summed E-state index contributed by atoms with van der Waals surface area (Å²) in [7, 11) is 0. The van der Waals surface area contributed by atoms with E-state index in [2.05, 4.69) is 21.6 Å². The Morgan fingerprint density at radius 1 is 1.16 bits per heavy atom. The summed E-state index contributed by atoms with van der Waals surface area (Å²) in [6.45, 7) is 0.496. The zero-order chi connectivity index (χ0) is 17.6. The van der Waals surface area contributed by atoms with Crippen LogP contribution in [0.25, 0.3) is 11.3 Å². The van der Waals surface area contributed by atoms with Crippen molar-refractivity contribution in [2.75, 3.05) is 6.54 Å². The van der Waals surface area contributed by atoms with Crippen molar-refractivity contribution in [1.82, 2.24) is 15.5 Å². The first-order valence-electron chi connectivity index (χ1n) is 7.74. The van der Waals surface area contributed by atoms with E-state index < -0.39 is 0 Å². The number of halogens is 1. The van der Waals surface area contributed by atoms with Crippen molar-refractivity contribution in [2.45, 2.75) is 6.42 Å². The molecule has 124 valence electrons. The average molecular weight is 351 g/mol. The quantitative estimate of drug-likeness (QED) is 0.738. The van der Waals surface area contributed by atoms with Crippen LogP contribution in [0.15, 0.2) is 54.7 Å². The molecule has 0 aliphatic carbocycles. The number of H-pyrrole nitrogens is 1. The standard InChI is InChI=1S/C19H15ClN4O/c20-16-7-5-15(6-8-16)18-17(12-23-24-18)19(25)22-10-9-13-1-3-14(11-21)4-2-13/h1-8,12H,9-10H2,(H,22,25)(H,23,24). The highest BCUT2D eigenvalue weighted by Crippen LogP contribution is 2.22. The second-order valence-electron chi connectivity index (χ2n) is 5.48. The Morgan fingerprint density at radius 2 is 1.88 bits per heavy atom. The minimum atomic E-state index is -0.188. The minimum Gasteiger partial charge on any atom is -0.352 e. The summed E-state index contributed by atoms with van der Waals surface area (Å²) >= 11 is 5.90. The molecule has 1 aromatic heterocycles. The van der Waals surface area contributed by atoms with Gasteiger partial charge in [0.05, 0.1) is 29.1 Å². The molecular weight excluding hydrogens is 336 g/mol. The number of nitriles is 1. The molecule has 0 atom stereocenters. The van der Waals surface area contributed by atoms with Gasteiger partial charge in [0.1, 0.15) is 0 Å². The van der Waals surface area contributed by atoms with E-state index in [1.54, 1.807) is 24.3 Å². The number of carbonyl (C=O) groups excluding carboxylic acids is 1. The van der Waals surface area contributed by atoms with E-state index in [0.717, 1.165) is 11.1 Å². The maximum absolute atomic E-state index is 12.4. The molecule has 0 unspecified atom stereocenters. The maximum Gasteiger partial charge on any atom is 0.255 e. The third-order valence-electron chi connectivity index (χ3n) is 3.80. The molecule has 6 heteroatoms.